The van der Waals surface area contributed by atoms with Gasteiger partial charge in [-0.1, -0.05) is 19.3 Å². The topological polar surface area (TPSA) is 47.8 Å². The standard InChI is InChI=1S/C22H32N6/c1-2-17(3-1)18-13-23-20-7-6-19-12-21(25-28(19)22(20)24-14-18)27-10-8-26(9-11-27)15-16-4-5-16/h6-7,12,16-18,23-24H,1-5,8-11,13-15H2. The van der Waals surface area contributed by atoms with E-state index >= 15 is 0 Å². The monoisotopic (exact) mass is 380 g/mol. The lowest BCUT2D eigenvalue weighted by atomic mass is 9.76. The van der Waals surface area contributed by atoms with Crippen molar-refractivity contribution in [2.45, 2.75) is 32.1 Å². The van der Waals surface area contributed by atoms with Gasteiger partial charge in [-0.15, -0.1) is 5.10 Å². The zero-order valence-corrected chi connectivity index (χ0v) is 16.7. The first kappa shape index (κ1) is 17.0. The molecule has 2 saturated carbocycles. The molecule has 4 aliphatic rings. The van der Waals surface area contributed by atoms with Crippen molar-refractivity contribution >= 4 is 22.8 Å². The molecule has 28 heavy (non-hydrogen) atoms. The fraction of sp³-hybridized carbons (Fsp3) is 0.682. The van der Waals surface area contributed by atoms with Gasteiger partial charge in [0.2, 0.25) is 0 Å². The summed E-state index contributed by atoms with van der Waals surface area (Å²) in [6, 6.07) is 6.68. The van der Waals surface area contributed by atoms with Gasteiger partial charge in [0.15, 0.2) is 11.6 Å². The average molecular weight is 381 g/mol. The third-order valence-electron chi connectivity index (χ3n) is 7.42. The first-order chi connectivity index (χ1) is 13.8. The number of pyridine rings is 1. The van der Waals surface area contributed by atoms with E-state index in [1.165, 1.54) is 62.9 Å². The van der Waals surface area contributed by atoms with Crippen molar-refractivity contribution in [3.63, 3.8) is 0 Å². The van der Waals surface area contributed by atoms with Crippen molar-refractivity contribution in [1.29, 1.82) is 0 Å². The number of nitrogens with one attached hydrogen (secondary N) is 2. The highest BCUT2D eigenvalue weighted by Crippen LogP contribution is 2.36. The van der Waals surface area contributed by atoms with Crippen molar-refractivity contribution in [3.8, 4) is 0 Å². The van der Waals surface area contributed by atoms with Crippen molar-refractivity contribution in [2.75, 3.05) is 61.3 Å². The predicted octanol–water partition coefficient (Wildman–Crippen LogP) is 3.12. The van der Waals surface area contributed by atoms with Crippen LogP contribution in [-0.2, 0) is 0 Å². The molecule has 2 aliphatic carbocycles. The molecule has 0 amide bonds. The molecule has 6 heteroatoms. The molecule has 0 aromatic carbocycles. The molecule has 1 atom stereocenters. The zero-order valence-electron chi connectivity index (χ0n) is 16.7. The molecule has 150 valence electrons. The lowest BCUT2D eigenvalue weighted by Crippen LogP contribution is -2.47. The second-order valence-corrected chi connectivity index (χ2v) is 9.38. The minimum atomic E-state index is 0.728. The van der Waals surface area contributed by atoms with Gasteiger partial charge in [-0.3, -0.25) is 4.90 Å². The maximum absolute atomic E-state index is 5.02. The number of piperazine rings is 1. The average Bonchev–Trinajstić information content (AvgIpc) is 3.42. The van der Waals surface area contributed by atoms with E-state index in [0.29, 0.717) is 0 Å². The van der Waals surface area contributed by atoms with E-state index < -0.39 is 0 Å². The van der Waals surface area contributed by atoms with Gasteiger partial charge >= 0.3 is 0 Å². The summed E-state index contributed by atoms with van der Waals surface area (Å²) < 4.78 is 2.12. The van der Waals surface area contributed by atoms with Gasteiger partial charge in [-0.05, 0) is 42.7 Å². The maximum Gasteiger partial charge on any atom is 0.151 e. The summed E-state index contributed by atoms with van der Waals surface area (Å²) >= 11 is 0. The fourth-order valence-electron chi connectivity index (χ4n) is 5.12. The molecule has 0 spiro atoms. The minimum absolute atomic E-state index is 0.728. The summed E-state index contributed by atoms with van der Waals surface area (Å²) in [4.78, 5) is 5.10. The number of anilines is 3. The van der Waals surface area contributed by atoms with Crippen molar-refractivity contribution < 1.29 is 0 Å². The highest BCUT2D eigenvalue weighted by molar-refractivity contribution is 5.73. The Hall–Kier alpha value is -1.95. The highest BCUT2D eigenvalue weighted by atomic mass is 15.4. The lowest BCUT2D eigenvalue weighted by molar-refractivity contribution is 0.224. The summed E-state index contributed by atoms with van der Waals surface area (Å²) in [5.41, 5.74) is 2.38. The molecular formula is C22H32N6. The Balaban J connectivity index is 1.19. The second-order valence-electron chi connectivity index (χ2n) is 9.38. The van der Waals surface area contributed by atoms with Crippen molar-refractivity contribution in [3.05, 3.63) is 18.2 Å². The molecule has 2 aromatic rings. The van der Waals surface area contributed by atoms with Crippen LogP contribution in [0.1, 0.15) is 32.1 Å². The first-order valence-corrected chi connectivity index (χ1v) is 11.3. The summed E-state index contributed by atoms with van der Waals surface area (Å²) in [6.07, 6.45) is 7.10. The van der Waals surface area contributed by atoms with E-state index in [2.05, 4.69) is 43.1 Å². The minimum Gasteiger partial charge on any atom is -0.382 e. The van der Waals surface area contributed by atoms with E-state index in [0.717, 1.165) is 55.6 Å². The number of rotatable bonds is 4. The Labute approximate surface area is 167 Å². The van der Waals surface area contributed by atoms with Crippen LogP contribution in [0.3, 0.4) is 0 Å². The summed E-state index contributed by atoms with van der Waals surface area (Å²) in [6.45, 7) is 7.97. The molecular weight excluding hydrogens is 348 g/mol. The quantitative estimate of drug-likeness (QED) is 0.853. The molecule has 0 bridgehead atoms. The second kappa shape index (κ2) is 6.83. The number of hydrogen-bond acceptors (Lipinski definition) is 5. The molecule has 3 fully saturated rings. The van der Waals surface area contributed by atoms with Crippen LogP contribution >= 0.6 is 0 Å². The lowest BCUT2D eigenvalue weighted by Gasteiger charge is -2.34. The largest absolute Gasteiger partial charge is 0.382 e. The van der Waals surface area contributed by atoms with E-state index in [1.807, 2.05) is 0 Å². The van der Waals surface area contributed by atoms with Crippen molar-refractivity contribution in [1.82, 2.24) is 14.5 Å². The Morgan fingerprint density at radius 2 is 1.75 bits per heavy atom. The molecule has 4 heterocycles. The Morgan fingerprint density at radius 1 is 0.929 bits per heavy atom. The molecule has 6 rings (SSSR count). The zero-order chi connectivity index (χ0) is 18.5. The third-order valence-corrected chi connectivity index (χ3v) is 7.42. The number of nitrogens with zero attached hydrogens (tertiary/aromatic N) is 4. The summed E-state index contributed by atoms with van der Waals surface area (Å²) in [5, 5.41) is 12.4. The van der Waals surface area contributed by atoms with Gasteiger partial charge in [0.25, 0.3) is 0 Å². The van der Waals surface area contributed by atoms with Crippen LogP contribution in [0.4, 0.5) is 17.3 Å². The molecule has 1 saturated heterocycles. The first-order valence-electron chi connectivity index (χ1n) is 11.3. The van der Waals surface area contributed by atoms with Crippen LogP contribution in [0, 0.1) is 17.8 Å². The Bertz CT molecular complexity index is 844. The van der Waals surface area contributed by atoms with Crippen LogP contribution in [0.2, 0.25) is 0 Å². The molecule has 0 radical (unpaired) electrons. The fourth-order valence-corrected chi connectivity index (χ4v) is 5.12. The molecule has 2 aliphatic heterocycles. The van der Waals surface area contributed by atoms with Gasteiger partial charge in [0.05, 0.1) is 11.2 Å². The third kappa shape index (κ3) is 3.11. The molecule has 2 N–H and O–H groups in total. The van der Waals surface area contributed by atoms with Crippen molar-refractivity contribution in [2.24, 2.45) is 17.8 Å². The van der Waals surface area contributed by atoms with Gasteiger partial charge < -0.3 is 15.5 Å². The smallest absolute Gasteiger partial charge is 0.151 e. The van der Waals surface area contributed by atoms with Crippen LogP contribution in [0.5, 0.6) is 0 Å². The Morgan fingerprint density at radius 3 is 2.50 bits per heavy atom. The molecule has 6 nitrogen and oxygen atoms in total. The Kier molecular flexibility index (Phi) is 4.14. The van der Waals surface area contributed by atoms with Crippen LogP contribution in [-0.4, -0.2) is 60.3 Å². The highest BCUT2D eigenvalue weighted by Gasteiger charge is 2.30. The SMILES string of the molecule is c1cc2cc(N3CCN(CC4CC4)CC3)nn2c2c1NCC(C1CCC1)CN2. The maximum atomic E-state index is 5.02. The van der Waals surface area contributed by atoms with Crippen LogP contribution in [0.25, 0.3) is 5.52 Å². The molecule has 2 aromatic heterocycles. The van der Waals surface area contributed by atoms with Gasteiger partial charge in [0, 0.05) is 51.9 Å². The molecule has 1 unspecified atom stereocenters. The van der Waals surface area contributed by atoms with Crippen LogP contribution in [0.15, 0.2) is 18.2 Å². The normalized spacial score (nSPS) is 26.3. The predicted molar refractivity (Wildman–Crippen MR) is 114 cm³/mol. The summed E-state index contributed by atoms with van der Waals surface area (Å²) in [7, 11) is 0. The van der Waals surface area contributed by atoms with Crippen LogP contribution < -0.4 is 15.5 Å². The van der Waals surface area contributed by atoms with E-state index in [-0.39, 0.29) is 0 Å². The van der Waals surface area contributed by atoms with Gasteiger partial charge in [-0.25, -0.2) is 4.52 Å². The van der Waals surface area contributed by atoms with Gasteiger partial charge in [0.1, 0.15) is 0 Å². The summed E-state index contributed by atoms with van der Waals surface area (Å²) in [5.74, 6) is 4.87. The van der Waals surface area contributed by atoms with E-state index in [1.54, 1.807) is 0 Å². The number of hydrogen-bond donors (Lipinski definition) is 2. The number of fused-ring (bicyclic) bond motifs is 3. The number of aromatic nitrogens is 2. The van der Waals surface area contributed by atoms with Gasteiger partial charge in [-0.2, -0.15) is 0 Å². The van der Waals surface area contributed by atoms with E-state index in [9.17, 15) is 0 Å². The van der Waals surface area contributed by atoms with E-state index in [4.69, 9.17) is 5.10 Å².